The zero-order chi connectivity index (χ0) is 10.0. The Labute approximate surface area is 92.8 Å². The first-order valence-corrected chi connectivity index (χ1v) is 5.67. The molecule has 1 heterocycles. The molecule has 2 N–H and O–H groups in total. The highest BCUT2D eigenvalue weighted by Crippen LogP contribution is 2.25. The van der Waals surface area contributed by atoms with Crippen molar-refractivity contribution >= 4 is 28.4 Å². The van der Waals surface area contributed by atoms with Gasteiger partial charge in [-0.15, -0.1) is 0 Å². The minimum atomic E-state index is 0.451. The van der Waals surface area contributed by atoms with E-state index in [9.17, 15) is 0 Å². The zero-order valence-corrected chi connectivity index (χ0v) is 10.5. The number of halogens is 1. The molecule has 0 aromatic carbocycles. The summed E-state index contributed by atoms with van der Waals surface area (Å²) in [6, 6.07) is 0. The SMILES string of the molecule is CCCn1nc(C(C)C)c(I)c1N. The highest BCUT2D eigenvalue weighted by Gasteiger charge is 2.14. The second-order valence-electron chi connectivity index (χ2n) is 3.46. The van der Waals surface area contributed by atoms with Crippen molar-refractivity contribution in [1.29, 1.82) is 0 Å². The van der Waals surface area contributed by atoms with Gasteiger partial charge in [0.05, 0.1) is 9.26 Å². The molecule has 0 spiro atoms. The van der Waals surface area contributed by atoms with Crippen LogP contribution in [0.3, 0.4) is 0 Å². The molecule has 1 rings (SSSR count). The summed E-state index contributed by atoms with van der Waals surface area (Å²) in [5, 5.41) is 4.48. The molecule has 0 saturated heterocycles. The average Bonchev–Trinajstić information content (AvgIpc) is 2.33. The van der Waals surface area contributed by atoms with Gasteiger partial charge in [-0.05, 0) is 34.9 Å². The molecule has 0 saturated carbocycles. The molecule has 0 amide bonds. The maximum absolute atomic E-state index is 5.92. The Morgan fingerprint density at radius 2 is 2.15 bits per heavy atom. The predicted octanol–water partition coefficient (Wildman–Crippen LogP) is 2.60. The Kier molecular flexibility index (Phi) is 3.58. The van der Waals surface area contributed by atoms with E-state index in [1.807, 2.05) is 4.68 Å². The highest BCUT2D eigenvalue weighted by atomic mass is 127. The van der Waals surface area contributed by atoms with Gasteiger partial charge in [0, 0.05) is 6.54 Å². The Balaban J connectivity index is 3.05. The fraction of sp³-hybridized carbons (Fsp3) is 0.667. The molecular formula is C9H16IN3. The van der Waals surface area contributed by atoms with Crippen molar-refractivity contribution in [2.75, 3.05) is 5.73 Å². The predicted molar refractivity (Wildman–Crippen MR) is 63.7 cm³/mol. The third-order valence-corrected chi connectivity index (χ3v) is 3.04. The third kappa shape index (κ3) is 2.15. The summed E-state index contributed by atoms with van der Waals surface area (Å²) < 4.78 is 3.01. The van der Waals surface area contributed by atoms with Gasteiger partial charge in [-0.2, -0.15) is 5.10 Å². The molecule has 0 aliphatic carbocycles. The normalized spacial score (nSPS) is 11.2. The van der Waals surface area contributed by atoms with Crippen LogP contribution in [-0.2, 0) is 6.54 Å². The van der Waals surface area contributed by atoms with Crippen molar-refractivity contribution in [3.05, 3.63) is 9.26 Å². The van der Waals surface area contributed by atoms with Crippen molar-refractivity contribution in [2.24, 2.45) is 0 Å². The topological polar surface area (TPSA) is 43.8 Å². The molecular weight excluding hydrogens is 277 g/mol. The second-order valence-corrected chi connectivity index (χ2v) is 4.54. The standard InChI is InChI=1S/C9H16IN3/c1-4-5-13-9(11)7(10)8(12-13)6(2)3/h6H,4-5,11H2,1-3H3. The summed E-state index contributed by atoms with van der Waals surface area (Å²) in [5.41, 5.74) is 7.04. The summed E-state index contributed by atoms with van der Waals surface area (Å²) in [6.07, 6.45) is 1.07. The van der Waals surface area contributed by atoms with E-state index < -0.39 is 0 Å². The first-order valence-electron chi connectivity index (χ1n) is 4.59. The van der Waals surface area contributed by atoms with E-state index in [-0.39, 0.29) is 0 Å². The van der Waals surface area contributed by atoms with Gasteiger partial charge < -0.3 is 5.73 Å². The van der Waals surface area contributed by atoms with Crippen LogP contribution in [0.5, 0.6) is 0 Å². The maximum atomic E-state index is 5.92. The zero-order valence-electron chi connectivity index (χ0n) is 8.34. The van der Waals surface area contributed by atoms with E-state index in [4.69, 9.17) is 5.73 Å². The number of nitrogen functional groups attached to an aromatic ring is 1. The Hall–Kier alpha value is -0.260. The molecule has 1 aromatic heterocycles. The van der Waals surface area contributed by atoms with Crippen LogP contribution in [0.25, 0.3) is 0 Å². The van der Waals surface area contributed by atoms with Gasteiger partial charge in [0.2, 0.25) is 0 Å². The fourth-order valence-corrected chi connectivity index (χ4v) is 2.23. The van der Waals surface area contributed by atoms with Gasteiger partial charge in [0.25, 0.3) is 0 Å². The number of aromatic nitrogens is 2. The molecule has 0 bridgehead atoms. The molecule has 0 aliphatic rings. The molecule has 3 nitrogen and oxygen atoms in total. The van der Waals surface area contributed by atoms with E-state index in [0.29, 0.717) is 5.92 Å². The van der Waals surface area contributed by atoms with E-state index in [1.165, 1.54) is 0 Å². The highest BCUT2D eigenvalue weighted by molar-refractivity contribution is 14.1. The largest absolute Gasteiger partial charge is 0.383 e. The molecule has 0 fully saturated rings. The van der Waals surface area contributed by atoms with Crippen LogP contribution in [0.2, 0.25) is 0 Å². The lowest BCUT2D eigenvalue weighted by Gasteiger charge is -2.00. The van der Waals surface area contributed by atoms with Gasteiger partial charge >= 0.3 is 0 Å². The van der Waals surface area contributed by atoms with Crippen molar-refractivity contribution in [1.82, 2.24) is 9.78 Å². The molecule has 13 heavy (non-hydrogen) atoms. The van der Waals surface area contributed by atoms with Crippen molar-refractivity contribution < 1.29 is 0 Å². The van der Waals surface area contributed by atoms with Crippen LogP contribution in [0.1, 0.15) is 38.8 Å². The number of nitrogens with zero attached hydrogens (tertiary/aromatic N) is 2. The van der Waals surface area contributed by atoms with Gasteiger partial charge in [0.1, 0.15) is 5.82 Å². The number of aryl methyl sites for hydroxylation is 1. The maximum Gasteiger partial charge on any atom is 0.135 e. The summed E-state index contributed by atoms with van der Waals surface area (Å²) in [6.45, 7) is 7.32. The van der Waals surface area contributed by atoms with Crippen LogP contribution in [0.15, 0.2) is 0 Å². The quantitative estimate of drug-likeness (QED) is 0.871. The van der Waals surface area contributed by atoms with Crippen LogP contribution in [-0.4, -0.2) is 9.78 Å². The molecule has 1 aromatic rings. The Morgan fingerprint density at radius 1 is 1.54 bits per heavy atom. The smallest absolute Gasteiger partial charge is 0.135 e. The lowest BCUT2D eigenvalue weighted by molar-refractivity contribution is 0.595. The summed E-state index contributed by atoms with van der Waals surface area (Å²) in [5.74, 6) is 1.26. The van der Waals surface area contributed by atoms with Gasteiger partial charge in [-0.1, -0.05) is 20.8 Å². The van der Waals surface area contributed by atoms with E-state index in [0.717, 1.165) is 28.0 Å². The van der Waals surface area contributed by atoms with Crippen molar-refractivity contribution in [3.8, 4) is 0 Å². The molecule has 4 heteroatoms. The Bertz CT molecular complexity index is 291. The molecule has 0 aliphatic heterocycles. The molecule has 0 radical (unpaired) electrons. The number of nitrogens with two attached hydrogens (primary N) is 1. The van der Waals surface area contributed by atoms with Crippen molar-refractivity contribution in [3.63, 3.8) is 0 Å². The molecule has 74 valence electrons. The fourth-order valence-electron chi connectivity index (χ4n) is 1.22. The van der Waals surface area contributed by atoms with E-state index in [2.05, 4.69) is 48.5 Å². The first kappa shape index (κ1) is 10.8. The lowest BCUT2D eigenvalue weighted by atomic mass is 10.1. The summed E-state index contributed by atoms with van der Waals surface area (Å²) in [7, 11) is 0. The van der Waals surface area contributed by atoms with Crippen LogP contribution in [0.4, 0.5) is 5.82 Å². The summed E-state index contributed by atoms with van der Waals surface area (Å²) in [4.78, 5) is 0. The molecule has 0 unspecified atom stereocenters. The monoisotopic (exact) mass is 293 g/mol. The first-order chi connectivity index (χ1) is 6.07. The van der Waals surface area contributed by atoms with Gasteiger partial charge in [-0.3, -0.25) is 0 Å². The lowest BCUT2D eigenvalue weighted by Crippen LogP contribution is -2.04. The van der Waals surface area contributed by atoms with E-state index >= 15 is 0 Å². The van der Waals surface area contributed by atoms with E-state index in [1.54, 1.807) is 0 Å². The van der Waals surface area contributed by atoms with Gasteiger partial charge in [-0.25, -0.2) is 4.68 Å². The number of hydrogen-bond acceptors (Lipinski definition) is 2. The minimum absolute atomic E-state index is 0.451. The van der Waals surface area contributed by atoms with Crippen LogP contribution < -0.4 is 5.73 Å². The minimum Gasteiger partial charge on any atom is -0.383 e. The Morgan fingerprint density at radius 3 is 2.54 bits per heavy atom. The number of anilines is 1. The number of hydrogen-bond donors (Lipinski definition) is 1. The summed E-state index contributed by atoms with van der Waals surface area (Å²) >= 11 is 2.27. The van der Waals surface area contributed by atoms with Gasteiger partial charge in [0.15, 0.2) is 0 Å². The van der Waals surface area contributed by atoms with Crippen LogP contribution in [0, 0.1) is 3.57 Å². The average molecular weight is 293 g/mol. The van der Waals surface area contributed by atoms with Crippen molar-refractivity contribution in [2.45, 2.75) is 39.7 Å². The third-order valence-electron chi connectivity index (χ3n) is 1.94. The number of rotatable bonds is 3. The second kappa shape index (κ2) is 4.30. The van der Waals surface area contributed by atoms with Crippen LogP contribution >= 0.6 is 22.6 Å². The molecule has 0 atom stereocenters.